The largest absolute Gasteiger partial charge is 0.481 e. The van der Waals surface area contributed by atoms with Crippen LogP contribution < -0.4 is 0 Å². The minimum Gasteiger partial charge on any atom is -0.481 e. The van der Waals surface area contributed by atoms with E-state index in [4.69, 9.17) is 5.11 Å². The van der Waals surface area contributed by atoms with Gasteiger partial charge in [-0.05, 0) is 6.92 Å². The highest BCUT2D eigenvalue weighted by Crippen LogP contribution is 2.14. The van der Waals surface area contributed by atoms with Gasteiger partial charge in [0.15, 0.2) is 0 Å². The van der Waals surface area contributed by atoms with Crippen LogP contribution in [0.15, 0.2) is 9.98 Å². The number of aliphatic carboxylic acids is 1. The predicted octanol–water partition coefficient (Wildman–Crippen LogP) is 0.887. The zero-order valence-electron chi connectivity index (χ0n) is 8.15. The predicted molar refractivity (Wildman–Crippen MR) is 51.6 cm³/mol. The summed E-state index contributed by atoms with van der Waals surface area (Å²) in [6.45, 7) is 3.51. The second kappa shape index (κ2) is 4.13. The molecule has 14 heavy (non-hydrogen) atoms. The van der Waals surface area contributed by atoms with E-state index in [-0.39, 0.29) is 6.42 Å². The number of hydrogen-bond acceptors (Lipinski definition) is 3. The van der Waals surface area contributed by atoms with Crippen LogP contribution in [0.2, 0.25) is 0 Å². The number of hydrogen-bond donors (Lipinski definition) is 1. The van der Waals surface area contributed by atoms with Gasteiger partial charge in [0.2, 0.25) is 0 Å². The molecule has 0 bridgehead atoms. The van der Waals surface area contributed by atoms with Crippen LogP contribution in [0.1, 0.15) is 26.7 Å². The Morgan fingerprint density at radius 2 is 2.14 bits per heavy atom. The first-order chi connectivity index (χ1) is 6.54. The number of carboxylic acids is 1. The van der Waals surface area contributed by atoms with Gasteiger partial charge in [-0.15, -0.1) is 0 Å². The van der Waals surface area contributed by atoms with Crippen molar-refractivity contribution in [1.29, 1.82) is 0 Å². The van der Waals surface area contributed by atoms with E-state index >= 15 is 0 Å². The normalized spacial score (nSPS) is 21.6. The van der Waals surface area contributed by atoms with Crippen LogP contribution in [0, 0.1) is 5.92 Å². The fourth-order valence-corrected chi connectivity index (χ4v) is 1.26. The molecule has 0 aliphatic carbocycles. The van der Waals surface area contributed by atoms with Gasteiger partial charge in [-0.1, -0.05) is 6.92 Å². The molecule has 0 aromatic rings. The summed E-state index contributed by atoms with van der Waals surface area (Å²) in [5.41, 5.74) is 0.546. The molecule has 0 saturated carbocycles. The molecule has 5 heteroatoms. The Balaban J connectivity index is 2.84. The number of amides is 1. The van der Waals surface area contributed by atoms with Crippen LogP contribution in [0.5, 0.6) is 0 Å². The first-order valence-electron chi connectivity index (χ1n) is 4.43. The summed E-state index contributed by atoms with van der Waals surface area (Å²) in [5, 5.41) is 8.57. The molecule has 1 aliphatic rings. The minimum atomic E-state index is -1.01. The van der Waals surface area contributed by atoms with Crippen LogP contribution in [-0.4, -0.2) is 28.5 Å². The highest BCUT2D eigenvalue weighted by molar-refractivity contribution is 6.16. The van der Waals surface area contributed by atoms with Crippen molar-refractivity contribution in [3.8, 4) is 0 Å². The number of aliphatic imine (C=N–C) groups is 2. The highest BCUT2D eigenvalue weighted by Gasteiger charge is 2.27. The lowest BCUT2D eigenvalue weighted by atomic mass is 9.98. The Kier molecular flexibility index (Phi) is 3.11. The molecule has 0 radical (unpaired) electrons. The van der Waals surface area contributed by atoms with Crippen molar-refractivity contribution in [2.45, 2.75) is 26.7 Å². The molecule has 1 atom stereocenters. The Morgan fingerprint density at radius 3 is 2.57 bits per heavy atom. The van der Waals surface area contributed by atoms with Gasteiger partial charge in [0.1, 0.15) is 5.84 Å². The lowest BCUT2D eigenvalue weighted by molar-refractivity contribution is -0.139. The van der Waals surface area contributed by atoms with Crippen molar-refractivity contribution in [1.82, 2.24) is 0 Å². The lowest BCUT2D eigenvalue weighted by Gasteiger charge is -2.15. The second-order valence-corrected chi connectivity index (χ2v) is 3.12. The molecule has 1 N–H and O–H groups in total. The summed E-state index contributed by atoms with van der Waals surface area (Å²) in [7, 11) is 0. The van der Waals surface area contributed by atoms with E-state index in [1.165, 1.54) is 0 Å². The van der Waals surface area contributed by atoms with Crippen LogP contribution >= 0.6 is 0 Å². The molecule has 1 rings (SSSR count). The summed E-state index contributed by atoms with van der Waals surface area (Å²) in [6.07, 6.45) is 0.359. The van der Waals surface area contributed by atoms with Crippen molar-refractivity contribution in [2.75, 3.05) is 0 Å². The quantitative estimate of drug-likeness (QED) is 0.727. The van der Waals surface area contributed by atoms with Gasteiger partial charge in [0, 0.05) is 12.1 Å². The Labute approximate surface area is 81.6 Å². The number of nitrogens with zero attached hydrogens (tertiary/aromatic N) is 2. The molecule has 0 saturated heterocycles. The topological polar surface area (TPSA) is 79.1 Å². The number of carbonyl (C=O) groups excluding carboxylic acids is 1. The monoisotopic (exact) mass is 196 g/mol. The number of amidine groups is 1. The summed E-state index contributed by atoms with van der Waals surface area (Å²) < 4.78 is 0. The van der Waals surface area contributed by atoms with Gasteiger partial charge in [-0.3, -0.25) is 9.59 Å². The van der Waals surface area contributed by atoms with Crippen molar-refractivity contribution in [3.63, 3.8) is 0 Å². The maximum absolute atomic E-state index is 11.4. The van der Waals surface area contributed by atoms with Gasteiger partial charge < -0.3 is 5.11 Å². The molecular weight excluding hydrogens is 184 g/mol. The van der Waals surface area contributed by atoms with Crippen molar-refractivity contribution >= 4 is 23.4 Å². The standard InChI is InChI=1S/C9H12N2O3/c1-3-7-10-5(2)6(4-8(12)13)9(14)11-7/h6H,3-4H2,1-2H3,(H,12,13). The number of carbonyl (C=O) groups is 2. The maximum Gasteiger partial charge on any atom is 0.304 e. The van der Waals surface area contributed by atoms with Crippen LogP contribution in [0.25, 0.3) is 0 Å². The third-order valence-corrected chi connectivity index (χ3v) is 2.04. The Morgan fingerprint density at radius 1 is 1.50 bits per heavy atom. The van der Waals surface area contributed by atoms with Gasteiger partial charge in [0.05, 0.1) is 12.3 Å². The van der Waals surface area contributed by atoms with E-state index in [2.05, 4.69) is 9.98 Å². The molecule has 5 nitrogen and oxygen atoms in total. The first-order valence-corrected chi connectivity index (χ1v) is 4.43. The summed E-state index contributed by atoms with van der Waals surface area (Å²) >= 11 is 0. The van der Waals surface area contributed by atoms with E-state index in [1.807, 2.05) is 6.92 Å². The molecular formula is C9H12N2O3. The molecule has 0 aromatic heterocycles. The van der Waals surface area contributed by atoms with Gasteiger partial charge in [-0.2, -0.15) is 4.99 Å². The molecule has 1 aliphatic heterocycles. The zero-order chi connectivity index (χ0) is 10.7. The fraction of sp³-hybridized carbons (Fsp3) is 0.556. The van der Waals surface area contributed by atoms with E-state index in [0.29, 0.717) is 18.0 Å². The minimum absolute atomic E-state index is 0.228. The molecule has 1 heterocycles. The maximum atomic E-state index is 11.4. The van der Waals surface area contributed by atoms with Gasteiger partial charge in [-0.25, -0.2) is 4.99 Å². The number of carboxylic acid groups (broad SMARTS) is 1. The number of rotatable bonds is 3. The fourth-order valence-electron chi connectivity index (χ4n) is 1.26. The Bertz CT molecular complexity index is 331. The SMILES string of the molecule is CCC1=NC(=O)C(CC(=O)O)C(C)=N1. The van der Waals surface area contributed by atoms with E-state index in [9.17, 15) is 9.59 Å². The molecule has 1 unspecified atom stereocenters. The average Bonchev–Trinajstić information content (AvgIpc) is 2.10. The van der Waals surface area contributed by atoms with Crippen LogP contribution in [-0.2, 0) is 9.59 Å². The smallest absolute Gasteiger partial charge is 0.304 e. The van der Waals surface area contributed by atoms with E-state index < -0.39 is 17.8 Å². The van der Waals surface area contributed by atoms with Crippen LogP contribution in [0.4, 0.5) is 0 Å². The zero-order valence-corrected chi connectivity index (χ0v) is 8.15. The second-order valence-electron chi connectivity index (χ2n) is 3.12. The molecule has 0 spiro atoms. The van der Waals surface area contributed by atoms with Gasteiger partial charge in [0.25, 0.3) is 5.91 Å². The molecule has 1 amide bonds. The summed E-state index contributed by atoms with van der Waals surface area (Å²) in [5.74, 6) is -1.60. The third kappa shape index (κ3) is 2.25. The summed E-state index contributed by atoms with van der Waals surface area (Å²) in [4.78, 5) is 29.6. The Hall–Kier alpha value is -1.52. The van der Waals surface area contributed by atoms with Gasteiger partial charge >= 0.3 is 5.97 Å². The third-order valence-electron chi connectivity index (χ3n) is 2.04. The molecule has 0 fully saturated rings. The van der Waals surface area contributed by atoms with E-state index in [0.717, 1.165) is 0 Å². The average molecular weight is 196 g/mol. The highest BCUT2D eigenvalue weighted by atomic mass is 16.4. The lowest BCUT2D eigenvalue weighted by Crippen LogP contribution is -2.28. The summed E-state index contributed by atoms with van der Waals surface area (Å²) in [6, 6.07) is 0. The van der Waals surface area contributed by atoms with Crippen molar-refractivity contribution in [2.24, 2.45) is 15.9 Å². The van der Waals surface area contributed by atoms with Crippen LogP contribution in [0.3, 0.4) is 0 Å². The van der Waals surface area contributed by atoms with Crippen molar-refractivity contribution in [3.05, 3.63) is 0 Å². The van der Waals surface area contributed by atoms with Crippen molar-refractivity contribution < 1.29 is 14.7 Å². The molecule has 76 valence electrons. The first kappa shape index (κ1) is 10.6. The molecule has 0 aromatic carbocycles. The van der Waals surface area contributed by atoms with E-state index in [1.54, 1.807) is 6.92 Å².